The molecule has 1 aromatic rings. The fourth-order valence-electron chi connectivity index (χ4n) is 2.82. The molecule has 2 nitrogen and oxygen atoms in total. The summed E-state index contributed by atoms with van der Waals surface area (Å²) in [5.41, 5.74) is 0.0518. The van der Waals surface area contributed by atoms with E-state index >= 15 is 0 Å². The first-order valence-corrected chi connectivity index (χ1v) is 6.92. The van der Waals surface area contributed by atoms with Crippen LogP contribution in [0.15, 0.2) is 30.3 Å². The predicted octanol–water partition coefficient (Wildman–Crippen LogP) is 3.02. The second kappa shape index (κ2) is 6.44. The van der Waals surface area contributed by atoms with Crippen molar-refractivity contribution in [3.63, 3.8) is 0 Å². The first-order valence-electron chi connectivity index (χ1n) is 6.92. The van der Waals surface area contributed by atoms with E-state index in [1.165, 1.54) is 12.1 Å². The van der Waals surface area contributed by atoms with Gasteiger partial charge in [0, 0.05) is 18.2 Å². The minimum absolute atomic E-state index is 0.0518. The van der Waals surface area contributed by atoms with Crippen molar-refractivity contribution in [3.8, 4) is 0 Å². The lowest BCUT2D eigenvalue weighted by molar-refractivity contribution is -0.0505. The van der Waals surface area contributed by atoms with E-state index in [4.69, 9.17) is 5.11 Å². The van der Waals surface area contributed by atoms with E-state index in [-0.39, 0.29) is 24.8 Å². The van der Waals surface area contributed by atoms with Gasteiger partial charge in [0.2, 0.25) is 0 Å². The molecule has 0 amide bonds. The van der Waals surface area contributed by atoms with Crippen LogP contribution in [0.4, 0.5) is 8.78 Å². The summed E-state index contributed by atoms with van der Waals surface area (Å²) in [7, 11) is 0. The number of aliphatic hydroxyl groups excluding tert-OH is 1. The summed E-state index contributed by atoms with van der Waals surface area (Å²) in [6.45, 7) is -0.0449. The summed E-state index contributed by atoms with van der Waals surface area (Å²) in [6.07, 6.45) is 4.13. The molecule has 2 rings (SSSR count). The zero-order chi connectivity index (χ0) is 13.7. The maximum Gasteiger partial charge on any atom is 0.285 e. The minimum Gasteiger partial charge on any atom is -0.395 e. The Kier molecular flexibility index (Phi) is 4.88. The van der Waals surface area contributed by atoms with Gasteiger partial charge in [-0.3, -0.25) is 4.90 Å². The number of benzene rings is 1. The van der Waals surface area contributed by atoms with Crippen molar-refractivity contribution in [1.82, 2.24) is 4.90 Å². The maximum absolute atomic E-state index is 14.3. The fraction of sp³-hybridized carbons (Fsp3) is 0.600. The molecule has 106 valence electrons. The van der Waals surface area contributed by atoms with Crippen molar-refractivity contribution in [1.29, 1.82) is 0 Å². The van der Waals surface area contributed by atoms with E-state index in [2.05, 4.69) is 0 Å². The van der Waals surface area contributed by atoms with E-state index in [9.17, 15) is 8.78 Å². The molecule has 1 saturated carbocycles. The highest BCUT2D eigenvalue weighted by atomic mass is 19.3. The number of halogens is 2. The lowest BCUT2D eigenvalue weighted by atomic mass is 10.1. The summed E-state index contributed by atoms with van der Waals surface area (Å²) in [4.78, 5) is 1.75. The Morgan fingerprint density at radius 1 is 1.16 bits per heavy atom. The van der Waals surface area contributed by atoms with E-state index < -0.39 is 5.92 Å². The first-order chi connectivity index (χ1) is 9.13. The molecule has 0 spiro atoms. The lowest BCUT2D eigenvalue weighted by Gasteiger charge is -2.31. The van der Waals surface area contributed by atoms with Gasteiger partial charge in [-0.1, -0.05) is 43.2 Å². The molecular formula is C15H21F2NO. The molecule has 1 aliphatic rings. The molecule has 0 aromatic heterocycles. The third kappa shape index (κ3) is 3.74. The van der Waals surface area contributed by atoms with Crippen LogP contribution in [0, 0.1) is 0 Å². The van der Waals surface area contributed by atoms with Gasteiger partial charge < -0.3 is 5.11 Å². The summed E-state index contributed by atoms with van der Waals surface area (Å²) < 4.78 is 28.5. The molecule has 4 heteroatoms. The van der Waals surface area contributed by atoms with Crippen LogP contribution >= 0.6 is 0 Å². The third-order valence-corrected chi connectivity index (χ3v) is 3.83. The van der Waals surface area contributed by atoms with Crippen LogP contribution in [0.3, 0.4) is 0 Å². The predicted molar refractivity (Wildman–Crippen MR) is 71.3 cm³/mol. The molecule has 1 N–H and O–H groups in total. The second-order valence-corrected chi connectivity index (χ2v) is 5.20. The van der Waals surface area contributed by atoms with E-state index in [1.54, 1.807) is 23.1 Å². The molecule has 0 saturated heterocycles. The standard InChI is InChI=1S/C15H21F2NO/c16-15(17,13-6-2-1-3-7-13)12-18(10-11-19)14-8-4-5-9-14/h1-3,6-7,14,19H,4-5,8-12H2. The van der Waals surface area contributed by atoms with Crippen molar-refractivity contribution < 1.29 is 13.9 Å². The first kappa shape index (κ1) is 14.4. The highest BCUT2D eigenvalue weighted by Crippen LogP contribution is 2.32. The van der Waals surface area contributed by atoms with Crippen LogP contribution in [-0.2, 0) is 5.92 Å². The average molecular weight is 269 g/mol. The molecule has 1 aromatic carbocycles. The normalized spacial score (nSPS) is 17.3. The summed E-state index contributed by atoms with van der Waals surface area (Å²) in [5.74, 6) is -2.86. The van der Waals surface area contributed by atoms with Crippen molar-refractivity contribution >= 4 is 0 Å². The van der Waals surface area contributed by atoms with Gasteiger partial charge in [-0.2, -0.15) is 8.78 Å². The van der Waals surface area contributed by atoms with Gasteiger partial charge in [0.05, 0.1) is 13.2 Å². The number of hydrogen-bond acceptors (Lipinski definition) is 2. The van der Waals surface area contributed by atoms with Crippen LogP contribution in [-0.4, -0.2) is 35.7 Å². The molecular weight excluding hydrogens is 248 g/mol. The monoisotopic (exact) mass is 269 g/mol. The molecule has 1 fully saturated rings. The SMILES string of the molecule is OCCN(CC(F)(F)c1ccccc1)C1CCCC1. The minimum atomic E-state index is -2.86. The van der Waals surface area contributed by atoms with Crippen molar-refractivity contribution in [2.45, 2.75) is 37.6 Å². The number of aliphatic hydroxyl groups is 1. The van der Waals surface area contributed by atoms with Crippen LogP contribution in [0.1, 0.15) is 31.2 Å². The molecule has 0 unspecified atom stereocenters. The smallest absolute Gasteiger partial charge is 0.285 e. The third-order valence-electron chi connectivity index (χ3n) is 3.83. The van der Waals surface area contributed by atoms with Crippen molar-refractivity contribution in [2.24, 2.45) is 0 Å². The zero-order valence-electron chi connectivity index (χ0n) is 11.1. The van der Waals surface area contributed by atoms with E-state index in [1.807, 2.05) is 0 Å². The summed E-state index contributed by atoms with van der Waals surface area (Å²) in [5, 5.41) is 9.08. The van der Waals surface area contributed by atoms with Gasteiger partial charge in [-0.05, 0) is 12.8 Å². The van der Waals surface area contributed by atoms with Gasteiger partial charge in [0.25, 0.3) is 5.92 Å². The van der Waals surface area contributed by atoms with Gasteiger partial charge >= 0.3 is 0 Å². The number of hydrogen-bond donors (Lipinski definition) is 1. The van der Waals surface area contributed by atoms with Gasteiger partial charge in [-0.25, -0.2) is 0 Å². The van der Waals surface area contributed by atoms with Crippen LogP contribution < -0.4 is 0 Å². The molecule has 0 aliphatic heterocycles. The molecule has 0 radical (unpaired) electrons. The van der Waals surface area contributed by atoms with Crippen LogP contribution in [0.25, 0.3) is 0 Å². The van der Waals surface area contributed by atoms with Gasteiger partial charge in [-0.15, -0.1) is 0 Å². The van der Waals surface area contributed by atoms with E-state index in [0.717, 1.165) is 25.7 Å². The van der Waals surface area contributed by atoms with Crippen LogP contribution in [0.2, 0.25) is 0 Å². The molecule has 0 bridgehead atoms. The number of alkyl halides is 2. The Morgan fingerprint density at radius 2 is 1.79 bits per heavy atom. The Morgan fingerprint density at radius 3 is 2.37 bits per heavy atom. The van der Waals surface area contributed by atoms with Gasteiger partial charge in [0.15, 0.2) is 0 Å². The summed E-state index contributed by atoms with van der Waals surface area (Å²) in [6, 6.07) is 8.13. The largest absolute Gasteiger partial charge is 0.395 e. The lowest BCUT2D eigenvalue weighted by Crippen LogP contribution is -2.42. The van der Waals surface area contributed by atoms with Gasteiger partial charge in [0.1, 0.15) is 0 Å². The number of rotatable bonds is 6. The topological polar surface area (TPSA) is 23.5 Å². The highest BCUT2D eigenvalue weighted by Gasteiger charge is 2.36. The zero-order valence-corrected chi connectivity index (χ0v) is 11.1. The Bertz CT molecular complexity index is 377. The Balaban J connectivity index is 2.06. The highest BCUT2D eigenvalue weighted by molar-refractivity contribution is 5.20. The molecule has 0 atom stereocenters. The molecule has 1 aliphatic carbocycles. The Labute approximate surface area is 113 Å². The summed E-state index contributed by atoms with van der Waals surface area (Å²) >= 11 is 0. The second-order valence-electron chi connectivity index (χ2n) is 5.20. The van der Waals surface area contributed by atoms with E-state index in [0.29, 0.717) is 6.54 Å². The number of nitrogens with zero attached hydrogens (tertiary/aromatic N) is 1. The Hall–Kier alpha value is -1.00. The fourth-order valence-corrected chi connectivity index (χ4v) is 2.82. The quantitative estimate of drug-likeness (QED) is 0.858. The van der Waals surface area contributed by atoms with Crippen molar-refractivity contribution in [3.05, 3.63) is 35.9 Å². The maximum atomic E-state index is 14.3. The molecule has 19 heavy (non-hydrogen) atoms. The van der Waals surface area contributed by atoms with Crippen LogP contribution in [0.5, 0.6) is 0 Å². The average Bonchev–Trinajstić information content (AvgIpc) is 2.93. The van der Waals surface area contributed by atoms with Crippen molar-refractivity contribution in [2.75, 3.05) is 19.7 Å². The molecule has 0 heterocycles.